The van der Waals surface area contributed by atoms with Gasteiger partial charge in [-0.15, -0.1) is 12.4 Å². The maximum absolute atomic E-state index is 11.8. The molecule has 1 fully saturated rings. The summed E-state index contributed by atoms with van der Waals surface area (Å²) in [4.78, 5) is 13.4. The molecule has 1 aliphatic rings. The summed E-state index contributed by atoms with van der Waals surface area (Å²) < 4.78 is 5.23. The number of nitrogens with two attached hydrogens (primary N) is 1. The molecule has 1 aromatic carbocycles. The monoisotopic (exact) mass is 286 g/mol. The molecular formula is C12H19ClN4O2. The van der Waals surface area contributed by atoms with E-state index in [9.17, 15) is 4.79 Å². The van der Waals surface area contributed by atoms with Gasteiger partial charge in [0.15, 0.2) is 0 Å². The van der Waals surface area contributed by atoms with Gasteiger partial charge in [0.1, 0.15) is 6.61 Å². The van der Waals surface area contributed by atoms with Crippen molar-refractivity contribution in [2.24, 2.45) is 5.73 Å². The zero-order valence-electron chi connectivity index (χ0n) is 10.7. The van der Waals surface area contributed by atoms with Gasteiger partial charge in [0, 0.05) is 13.6 Å². The van der Waals surface area contributed by atoms with Crippen LogP contribution >= 0.6 is 12.4 Å². The van der Waals surface area contributed by atoms with Gasteiger partial charge in [-0.05, 0) is 5.56 Å². The number of likely N-dealkylation sites (N-methyl/N-ethyl adjacent to an activating group) is 1. The van der Waals surface area contributed by atoms with Crippen molar-refractivity contribution in [1.29, 1.82) is 0 Å². The molecule has 1 amide bonds. The molecule has 2 atom stereocenters. The third kappa shape index (κ3) is 4.07. The molecule has 1 saturated heterocycles. The Morgan fingerprint density at radius 3 is 2.74 bits per heavy atom. The molecule has 1 heterocycles. The van der Waals surface area contributed by atoms with Crippen LogP contribution in [0.3, 0.4) is 0 Å². The Hall–Kier alpha value is -1.34. The molecule has 0 saturated carbocycles. The summed E-state index contributed by atoms with van der Waals surface area (Å²) in [5.41, 5.74) is 12.5. The smallest absolute Gasteiger partial charge is 0.410 e. The first-order valence-corrected chi connectivity index (χ1v) is 5.86. The van der Waals surface area contributed by atoms with Crippen LogP contribution in [0.2, 0.25) is 0 Å². The zero-order chi connectivity index (χ0) is 13.0. The Balaban J connectivity index is 0.00000180. The molecule has 19 heavy (non-hydrogen) atoms. The Morgan fingerprint density at radius 2 is 2.16 bits per heavy atom. The number of halogens is 1. The highest BCUT2D eigenvalue weighted by molar-refractivity contribution is 5.85. The SMILES string of the molecule is CN(C(=O)OCc1ccccc1)C1CNNC1N.Cl. The first kappa shape index (κ1) is 15.7. The predicted octanol–water partition coefficient (Wildman–Crippen LogP) is 0.438. The van der Waals surface area contributed by atoms with Crippen LogP contribution in [0.5, 0.6) is 0 Å². The lowest BCUT2D eigenvalue weighted by Crippen LogP contribution is -2.50. The third-order valence-corrected chi connectivity index (χ3v) is 2.99. The van der Waals surface area contributed by atoms with Crippen molar-refractivity contribution >= 4 is 18.5 Å². The summed E-state index contributed by atoms with van der Waals surface area (Å²) in [5, 5.41) is 0. The average Bonchev–Trinajstić information content (AvgIpc) is 2.82. The number of hydrazine groups is 1. The van der Waals surface area contributed by atoms with Crippen molar-refractivity contribution in [2.75, 3.05) is 13.6 Å². The molecule has 1 aromatic rings. The van der Waals surface area contributed by atoms with E-state index in [-0.39, 0.29) is 37.3 Å². The molecular weight excluding hydrogens is 268 g/mol. The summed E-state index contributed by atoms with van der Waals surface area (Å²) in [7, 11) is 1.69. The van der Waals surface area contributed by atoms with Gasteiger partial charge in [-0.1, -0.05) is 30.3 Å². The van der Waals surface area contributed by atoms with Crippen LogP contribution in [0, 0.1) is 0 Å². The van der Waals surface area contributed by atoms with Crippen molar-refractivity contribution in [3.8, 4) is 0 Å². The van der Waals surface area contributed by atoms with E-state index in [1.54, 1.807) is 7.05 Å². The summed E-state index contributed by atoms with van der Waals surface area (Å²) >= 11 is 0. The maximum atomic E-state index is 11.8. The lowest BCUT2D eigenvalue weighted by atomic mass is 10.2. The number of hydrogen-bond donors (Lipinski definition) is 3. The van der Waals surface area contributed by atoms with E-state index in [0.29, 0.717) is 6.54 Å². The fourth-order valence-corrected chi connectivity index (χ4v) is 1.84. The van der Waals surface area contributed by atoms with E-state index in [1.807, 2.05) is 30.3 Å². The van der Waals surface area contributed by atoms with Gasteiger partial charge in [-0.25, -0.2) is 10.2 Å². The lowest BCUT2D eigenvalue weighted by molar-refractivity contribution is 0.0905. The molecule has 2 rings (SSSR count). The van der Waals surface area contributed by atoms with Crippen LogP contribution in [0.15, 0.2) is 30.3 Å². The lowest BCUT2D eigenvalue weighted by Gasteiger charge is -2.25. The number of nitrogens with zero attached hydrogens (tertiary/aromatic N) is 1. The molecule has 1 aliphatic heterocycles. The van der Waals surface area contributed by atoms with Gasteiger partial charge in [-0.2, -0.15) is 0 Å². The number of rotatable bonds is 3. The molecule has 7 heteroatoms. The summed E-state index contributed by atoms with van der Waals surface area (Å²) in [6, 6.07) is 9.47. The molecule has 2 unspecified atom stereocenters. The van der Waals surface area contributed by atoms with Crippen LogP contribution in [-0.2, 0) is 11.3 Å². The van der Waals surface area contributed by atoms with Crippen molar-refractivity contribution in [3.05, 3.63) is 35.9 Å². The van der Waals surface area contributed by atoms with Gasteiger partial charge in [0.2, 0.25) is 0 Å². The number of nitrogens with one attached hydrogen (secondary N) is 2. The second-order valence-corrected chi connectivity index (χ2v) is 4.27. The van der Waals surface area contributed by atoms with E-state index in [2.05, 4.69) is 10.9 Å². The van der Waals surface area contributed by atoms with Gasteiger partial charge >= 0.3 is 6.09 Å². The van der Waals surface area contributed by atoms with E-state index in [4.69, 9.17) is 10.5 Å². The molecule has 106 valence electrons. The quantitative estimate of drug-likeness (QED) is 0.751. The first-order chi connectivity index (χ1) is 8.68. The van der Waals surface area contributed by atoms with Gasteiger partial charge in [0.25, 0.3) is 0 Å². The number of ether oxygens (including phenoxy) is 1. The van der Waals surface area contributed by atoms with Crippen LogP contribution < -0.4 is 16.6 Å². The Morgan fingerprint density at radius 1 is 1.47 bits per heavy atom. The Kier molecular flexibility index (Phi) is 6.04. The minimum Gasteiger partial charge on any atom is -0.445 e. The van der Waals surface area contributed by atoms with Gasteiger partial charge in [0.05, 0.1) is 12.2 Å². The second-order valence-electron chi connectivity index (χ2n) is 4.27. The molecule has 0 spiro atoms. The van der Waals surface area contributed by atoms with Crippen LogP contribution in [-0.4, -0.2) is 36.8 Å². The summed E-state index contributed by atoms with van der Waals surface area (Å²) in [6.45, 7) is 0.880. The number of amides is 1. The van der Waals surface area contributed by atoms with E-state index >= 15 is 0 Å². The molecule has 0 radical (unpaired) electrons. The van der Waals surface area contributed by atoms with Crippen molar-refractivity contribution in [1.82, 2.24) is 15.8 Å². The average molecular weight is 287 g/mol. The summed E-state index contributed by atoms with van der Waals surface area (Å²) in [6.07, 6.45) is -0.649. The minimum absolute atomic E-state index is 0. The minimum atomic E-state index is -0.371. The Bertz CT molecular complexity index is 404. The Labute approximate surface area is 118 Å². The van der Waals surface area contributed by atoms with Crippen LogP contribution in [0.1, 0.15) is 5.56 Å². The van der Waals surface area contributed by atoms with E-state index < -0.39 is 0 Å². The normalized spacial score (nSPS) is 21.6. The zero-order valence-corrected chi connectivity index (χ0v) is 11.5. The second kappa shape index (κ2) is 7.30. The molecule has 0 aromatic heterocycles. The molecule has 6 nitrogen and oxygen atoms in total. The van der Waals surface area contributed by atoms with Crippen molar-refractivity contribution in [3.63, 3.8) is 0 Å². The molecule has 4 N–H and O–H groups in total. The molecule has 0 aliphatic carbocycles. The van der Waals surface area contributed by atoms with Gasteiger partial charge < -0.3 is 15.4 Å². The van der Waals surface area contributed by atoms with E-state index in [1.165, 1.54) is 4.90 Å². The highest BCUT2D eigenvalue weighted by atomic mass is 35.5. The highest BCUT2D eigenvalue weighted by Gasteiger charge is 2.30. The maximum Gasteiger partial charge on any atom is 0.410 e. The number of hydrogen-bond acceptors (Lipinski definition) is 5. The summed E-state index contributed by atoms with van der Waals surface area (Å²) in [5.74, 6) is 0. The van der Waals surface area contributed by atoms with Crippen molar-refractivity contribution in [2.45, 2.75) is 18.8 Å². The molecule has 0 bridgehead atoms. The third-order valence-electron chi connectivity index (χ3n) is 2.99. The fraction of sp³-hybridized carbons (Fsp3) is 0.417. The van der Waals surface area contributed by atoms with E-state index in [0.717, 1.165) is 5.56 Å². The number of carbonyl (C=O) groups is 1. The first-order valence-electron chi connectivity index (χ1n) is 5.86. The fourth-order valence-electron chi connectivity index (χ4n) is 1.84. The number of carbonyl (C=O) groups excluding carboxylic acids is 1. The highest BCUT2D eigenvalue weighted by Crippen LogP contribution is 2.07. The predicted molar refractivity (Wildman–Crippen MR) is 74.5 cm³/mol. The van der Waals surface area contributed by atoms with Crippen molar-refractivity contribution < 1.29 is 9.53 Å². The topological polar surface area (TPSA) is 79.6 Å². The largest absolute Gasteiger partial charge is 0.445 e. The van der Waals surface area contributed by atoms with Crippen LogP contribution in [0.4, 0.5) is 4.79 Å². The van der Waals surface area contributed by atoms with Crippen LogP contribution in [0.25, 0.3) is 0 Å². The number of benzene rings is 1. The van der Waals surface area contributed by atoms with Gasteiger partial charge in [-0.3, -0.25) is 5.43 Å². The standard InChI is InChI=1S/C12H18N4O2.ClH/c1-16(10-7-14-15-11(10)13)12(17)18-8-9-5-3-2-4-6-9;/h2-6,10-11,14-15H,7-8,13H2,1H3;1H.